The Morgan fingerprint density at radius 2 is 2.33 bits per heavy atom. The molecule has 7 heteroatoms. The third-order valence-electron chi connectivity index (χ3n) is 1.77. The summed E-state index contributed by atoms with van der Waals surface area (Å²) >= 11 is 5.68. The van der Waals surface area contributed by atoms with Crippen LogP contribution in [0.4, 0.5) is 4.79 Å². The lowest BCUT2D eigenvalue weighted by molar-refractivity contribution is 0.193. The number of carbonyl (C=O) groups is 1. The van der Waals surface area contributed by atoms with Crippen molar-refractivity contribution in [2.75, 3.05) is 0 Å². The van der Waals surface area contributed by atoms with Crippen molar-refractivity contribution in [1.82, 2.24) is 20.3 Å². The lowest BCUT2D eigenvalue weighted by Crippen LogP contribution is -2.20. The lowest BCUT2D eigenvalue weighted by atomic mass is 10.4. The van der Waals surface area contributed by atoms with E-state index in [1.807, 2.05) is 0 Å². The molecule has 0 unspecified atom stereocenters. The van der Waals surface area contributed by atoms with E-state index in [0.717, 1.165) is 5.52 Å². The molecule has 0 aliphatic rings. The van der Waals surface area contributed by atoms with Gasteiger partial charge >= 0.3 is 6.09 Å². The number of halogens is 1. The number of fused-ring (bicyclic) bond motifs is 1. The highest BCUT2D eigenvalue weighted by atomic mass is 35.5. The normalized spacial score (nSPS) is 10.5. The standard InChI is InChI=1S/C8H7ClN4O2/c9-5-2-1-4-7(12-5)13-6(11-4)3-10-8(14)15/h1-2,10H,3H2,(H,14,15)(H,11,12,13). The molecule has 0 bridgehead atoms. The van der Waals surface area contributed by atoms with E-state index in [0.29, 0.717) is 16.6 Å². The summed E-state index contributed by atoms with van der Waals surface area (Å²) in [4.78, 5) is 21.2. The average molecular weight is 227 g/mol. The van der Waals surface area contributed by atoms with Crippen LogP contribution in [-0.2, 0) is 6.54 Å². The van der Waals surface area contributed by atoms with Gasteiger partial charge in [-0.3, -0.25) is 0 Å². The molecule has 6 nitrogen and oxygen atoms in total. The zero-order chi connectivity index (χ0) is 10.8. The molecule has 78 valence electrons. The fourth-order valence-electron chi connectivity index (χ4n) is 1.16. The van der Waals surface area contributed by atoms with E-state index in [1.54, 1.807) is 12.1 Å². The number of aromatic amines is 1. The van der Waals surface area contributed by atoms with E-state index in [2.05, 4.69) is 20.3 Å². The third-order valence-corrected chi connectivity index (χ3v) is 1.98. The molecule has 1 amide bonds. The van der Waals surface area contributed by atoms with Crippen LogP contribution >= 0.6 is 11.6 Å². The second kappa shape index (κ2) is 3.74. The zero-order valence-electron chi connectivity index (χ0n) is 7.49. The van der Waals surface area contributed by atoms with Crippen molar-refractivity contribution in [2.45, 2.75) is 6.54 Å². The molecule has 0 spiro atoms. The van der Waals surface area contributed by atoms with E-state index in [9.17, 15) is 4.79 Å². The molecule has 0 aliphatic heterocycles. The minimum absolute atomic E-state index is 0.114. The van der Waals surface area contributed by atoms with Gasteiger partial charge in [0.05, 0.1) is 12.1 Å². The molecule has 3 N–H and O–H groups in total. The largest absolute Gasteiger partial charge is 0.465 e. The van der Waals surface area contributed by atoms with Crippen molar-refractivity contribution < 1.29 is 9.90 Å². The van der Waals surface area contributed by atoms with Crippen LogP contribution in [0.1, 0.15) is 5.82 Å². The Bertz CT molecular complexity index is 510. The van der Waals surface area contributed by atoms with Crippen LogP contribution in [0, 0.1) is 0 Å². The Labute approximate surface area is 89.3 Å². The highest BCUT2D eigenvalue weighted by molar-refractivity contribution is 6.29. The number of nitrogens with zero attached hydrogens (tertiary/aromatic N) is 2. The SMILES string of the molecule is O=C(O)NCc1nc2nc(Cl)ccc2[nH]1. The van der Waals surface area contributed by atoms with Crippen molar-refractivity contribution in [1.29, 1.82) is 0 Å². The quantitative estimate of drug-likeness (QED) is 0.675. The predicted molar refractivity (Wildman–Crippen MR) is 53.8 cm³/mol. The van der Waals surface area contributed by atoms with E-state index in [-0.39, 0.29) is 6.54 Å². The number of H-pyrrole nitrogens is 1. The molecule has 2 heterocycles. The molecule has 0 atom stereocenters. The van der Waals surface area contributed by atoms with E-state index < -0.39 is 6.09 Å². The molecule has 0 saturated heterocycles. The van der Waals surface area contributed by atoms with Crippen molar-refractivity contribution >= 4 is 28.9 Å². The Balaban J connectivity index is 2.27. The number of carboxylic acid groups (broad SMARTS) is 1. The van der Waals surface area contributed by atoms with Gasteiger partial charge in [0.15, 0.2) is 5.65 Å². The number of rotatable bonds is 2. The zero-order valence-corrected chi connectivity index (χ0v) is 8.25. The predicted octanol–water partition coefficient (Wildman–Crippen LogP) is 1.38. The Kier molecular flexibility index (Phi) is 2.42. The van der Waals surface area contributed by atoms with Crippen molar-refractivity contribution in [2.24, 2.45) is 0 Å². The number of aromatic nitrogens is 3. The van der Waals surface area contributed by atoms with Gasteiger partial charge in [0.2, 0.25) is 0 Å². The topological polar surface area (TPSA) is 90.9 Å². The van der Waals surface area contributed by atoms with Gasteiger partial charge in [0.25, 0.3) is 0 Å². The average Bonchev–Trinajstić information content (AvgIpc) is 2.56. The second-order valence-corrected chi connectivity index (χ2v) is 3.23. The number of amides is 1. The minimum Gasteiger partial charge on any atom is -0.465 e. The van der Waals surface area contributed by atoms with Crippen LogP contribution in [0.25, 0.3) is 11.2 Å². The minimum atomic E-state index is -1.10. The summed E-state index contributed by atoms with van der Waals surface area (Å²) in [5.41, 5.74) is 1.20. The fourth-order valence-corrected chi connectivity index (χ4v) is 1.31. The number of hydrogen-bond acceptors (Lipinski definition) is 3. The van der Waals surface area contributed by atoms with Gasteiger partial charge in [-0.1, -0.05) is 11.6 Å². The maximum atomic E-state index is 10.3. The first-order valence-corrected chi connectivity index (χ1v) is 4.51. The van der Waals surface area contributed by atoms with Crippen molar-refractivity contribution in [3.05, 3.63) is 23.1 Å². The van der Waals surface area contributed by atoms with Gasteiger partial charge in [-0.15, -0.1) is 0 Å². The van der Waals surface area contributed by atoms with Crippen molar-refractivity contribution in [3.63, 3.8) is 0 Å². The summed E-state index contributed by atoms with van der Waals surface area (Å²) in [6, 6.07) is 3.37. The highest BCUT2D eigenvalue weighted by Gasteiger charge is 2.05. The van der Waals surface area contributed by atoms with Crippen LogP contribution < -0.4 is 5.32 Å². The van der Waals surface area contributed by atoms with E-state index in [4.69, 9.17) is 16.7 Å². The molecule has 2 aromatic heterocycles. The molecule has 2 rings (SSSR count). The van der Waals surface area contributed by atoms with Crippen LogP contribution in [0.2, 0.25) is 5.15 Å². The molecule has 0 fully saturated rings. The molecular formula is C8H7ClN4O2. The first kappa shape index (κ1) is 9.72. The first-order chi connectivity index (χ1) is 7.15. The van der Waals surface area contributed by atoms with Crippen LogP contribution in [0.5, 0.6) is 0 Å². The number of pyridine rings is 1. The monoisotopic (exact) mass is 226 g/mol. The van der Waals surface area contributed by atoms with Gasteiger partial charge in [-0.2, -0.15) is 0 Å². The summed E-state index contributed by atoms with van der Waals surface area (Å²) in [5.74, 6) is 0.502. The summed E-state index contributed by atoms with van der Waals surface area (Å²) in [6.07, 6.45) is -1.10. The Hall–Kier alpha value is -1.82. The molecular weight excluding hydrogens is 220 g/mol. The molecule has 0 radical (unpaired) electrons. The van der Waals surface area contributed by atoms with E-state index >= 15 is 0 Å². The second-order valence-electron chi connectivity index (χ2n) is 2.85. The van der Waals surface area contributed by atoms with Gasteiger partial charge in [0, 0.05) is 0 Å². The summed E-state index contributed by atoms with van der Waals surface area (Å²) < 4.78 is 0. The maximum Gasteiger partial charge on any atom is 0.405 e. The fraction of sp³-hybridized carbons (Fsp3) is 0.125. The summed E-state index contributed by atoms with van der Waals surface area (Å²) in [7, 11) is 0. The van der Waals surface area contributed by atoms with Crippen LogP contribution in [0.15, 0.2) is 12.1 Å². The molecule has 0 aromatic carbocycles. The summed E-state index contributed by atoms with van der Waals surface area (Å²) in [6.45, 7) is 0.114. The molecule has 15 heavy (non-hydrogen) atoms. The van der Waals surface area contributed by atoms with Gasteiger partial charge in [0.1, 0.15) is 11.0 Å². The number of imidazole rings is 1. The lowest BCUT2D eigenvalue weighted by Gasteiger charge is -1.94. The number of nitrogens with one attached hydrogen (secondary N) is 2. The number of hydrogen-bond donors (Lipinski definition) is 3. The third kappa shape index (κ3) is 2.16. The van der Waals surface area contributed by atoms with Crippen LogP contribution in [-0.4, -0.2) is 26.2 Å². The van der Waals surface area contributed by atoms with Crippen molar-refractivity contribution in [3.8, 4) is 0 Å². The van der Waals surface area contributed by atoms with Gasteiger partial charge in [-0.25, -0.2) is 14.8 Å². The van der Waals surface area contributed by atoms with E-state index in [1.165, 1.54) is 0 Å². The Morgan fingerprint density at radius 3 is 3.07 bits per heavy atom. The van der Waals surface area contributed by atoms with Gasteiger partial charge in [-0.05, 0) is 12.1 Å². The molecule has 0 saturated carbocycles. The highest BCUT2D eigenvalue weighted by Crippen LogP contribution is 2.12. The molecule has 0 aliphatic carbocycles. The van der Waals surface area contributed by atoms with Crippen LogP contribution in [0.3, 0.4) is 0 Å². The first-order valence-electron chi connectivity index (χ1n) is 4.13. The maximum absolute atomic E-state index is 10.3. The summed E-state index contributed by atoms with van der Waals surface area (Å²) in [5, 5.41) is 11.0. The molecule has 2 aromatic rings. The Morgan fingerprint density at radius 1 is 1.53 bits per heavy atom. The smallest absolute Gasteiger partial charge is 0.405 e. The van der Waals surface area contributed by atoms with Gasteiger partial charge < -0.3 is 15.4 Å².